The van der Waals surface area contributed by atoms with Gasteiger partial charge in [0.2, 0.25) is 6.79 Å². The lowest BCUT2D eigenvalue weighted by Gasteiger charge is -2.22. The minimum Gasteiger partial charge on any atom is -0.493 e. The van der Waals surface area contributed by atoms with Crippen LogP contribution in [0.1, 0.15) is 43.5 Å². The number of rotatable bonds is 13. The third-order valence-electron chi connectivity index (χ3n) is 6.87. The average molecular weight is 603 g/mol. The molecule has 1 aromatic heterocycles. The Morgan fingerprint density at radius 3 is 2.67 bits per heavy atom. The van der Waals surface area contributed by atoms with Gasteiger partial charge < -0.3 is 18.8 Å². The fourth-order valence-corrected chi connectivity index (χ4v) is 5.28. The Labute approximate surface area is 245 Å². The second kappa shape index (κ2) is 13.7. The van der Waals surface area contributed by atoms with Crippen molar-refractivity contribution >= 4 is 22.0 Å². The highest BCUT2D eigenvalue weighted by molar-refractivity contribution is 9.10. The smallest absolute Gasteiger partial charge is 0.231 e. The lowest BCUT2D eigenvalue weighted by molar-refractivity contribution is 0.174. The van der Waals surface area contributed by atoms with E-state index in [1.165, 1.54) is 11.3 Å². The summed E-state index contributed by atoms with van der Waals surface area (Å²) in [6.45, 7) is 8.37. The molecule has 0 radical (unpaired) electrons. The molecule has 1 aliphatic heterocycles. The summed E-state index contributed by atoms with van der Waals surface area (Å²) in [4.78, 5) is 7.31. The van der Waals surface area contributed by atoms with Gasteiger partial charge in [0.25, 0.3) is 0 Å². The highest BCUT2D eigenvalue weighted by Gasteiger charge is 2.17. The predicted octanol–water partition coefficient (Wildman–Crippen LogP) is 7.96. The molecule has 3 aromatic carbocycles. The molecule has 0 bridgehead atoms. The van der Waals surface area contributed by atoms with Crippen LogP contribution in [0.4, 0.5) is 0 Å². The number of nitrogens with zero attached hydrogens (tertiary/aromatic N) is 3. The van der Waals surface area contributed by atoms with E-state index in [1.54, 1.807) is 0 Å². The molecule has 1 aliphatic rings. The number of hydrogen-bond acceptors (Lipinski definition) is 5. The maximum atomic E-state index is 5.86. The molecule has 0 saturated heterocycles. The number of imidazole rings is 1. The van der Waals surface area contributed by atoms with Gasteiger partial charge in [0.15, 0.2) is 11.5 Å². The van der Waals surface area contributed by atoms with E-state index >= 15 is 0 Å². The van der Waals surface area contributed by atoms with Gasteiger partial charge in [-0.1, -0.05) is 77.8 Å². The summed E-state index contributed by atoms with van der Waals surface area (Å²) in [6.07, 6.45) is 8.63. The van der Waals surface area contributed by atoms with Crippen LogP contribution in [0.5, 0.6) is 17.2 Å². The largest absolute Gasteiger partial charge is 0.493 e. The maximum Gasteiger partial charge on any atom is 0.231 e. The van der Waals surface area contributed by atoms with Crippen LogP contribution in [-0.4, -0.2) is 34.4 Å². The third-order valence-corrected chi connectivity index (χ3v) is 7.36. The Kier molecular flexibility index (Phi) is 9.58. The van der Waals surface area contributed by atoms with E-state index in [4.69, 9.17) is 19.2 Å². The quantitative estimate of drug-likeness (QED) is 0.155. The molecule has 0 N–H and O–H groups in total. The second-order valence-corrected chi connectivity index (χ2v) is 10.7. The SMILES string of the molecule is CCCCn1c(CN(C/C=C\c2cc(Br)ccc2OCC)Cc2ccc3c(c2)OCO3)cnc1-c1ccccc1. The van der Waals surface area contributed by atoms with Gasteiger partial charge in [0.05, 0.1) is 18.5 Å². The first-order chi connectivity index (χ1) is 19.6. The van der Waals surface area contributed by atoms with Gasteiger partial charge in [-0.15, -0.1) is 0 Å². The number of halogens is 1. The van der Waals surface area contributed by atoms with E-state index in [1.807, 2.05) is 37.4 Å². The minimum atomic E-state index is 0.277. The number of fused-ring (bicyclic) bond motifs is 1. The third kappa shape index (κ3) is 6.95. The minimum absolute atomic E-state index is 0.277. The predicted molar refractivity (Wildman–Crippen MR) is 164 cm³/mol. The van der Waals surface area contributed by atoms with Gasteiger partial charge >= 0.3 is 0 Å². The molecule has 2 heterocycles. The molecule has 4 aromatic rings. The van der Waals surface area contributed by atoms with Gasteiger partial charge in [-0.2, -0.15) is 0 Å². The fourth-order valence-electron chi connectivity index (χ4n) is 4.90. The van der Waals surface area contributed by atoms with Crippen molar-refractivity contribution in [3.8, 4) is 28.6 Å². The summed E-state index contributed by atoms with van der Waals surface area (Å²) >= 11 is 3.60. The zero-order chi connectivity index (χ0) is 27.7. The highest BCUT2D eigenvalue weighted by atomic mass is 79.9. The van der Waals surface area contributed by atoms with Crippen LogP contribution in [0.3, 0.4) is 0 Å². The summed E-state index contributed by atoms with van der Waals surface area (Å²) in [5.74, 6) is 3.52. The van der Waals surface area contributed by atoms with Crippen molar-refractivity contribution in [3.63, 3.8) is 0 Å². The van der Waals surface area contributed by atoms with E-state index in [-0.39, 0.29) is 6.79 Å². The van der Waals surface area contributed by atoms with Crippen molar-refractivity contribution < 1.29 is 14.2 Å². The Hall–Kier alpha value is -3.55. The van der Waals surface area contributed by atoms with E-state index in [9.17, 15) is 0 Å². The number of benzene rings is 3. The second-order valence-electron chi connectivity index (χ2n) is 9.82. The van der Waals surface area contributed by atoms with E-state index < -0.39 is 0 Å². The number of hydrogen-bond donors (Lipinski definition) is 0. The first kappa shape index (κ1) is 28.0. The van der Waals surface area contributed by atoms with Gasteiger partial charge in [-0.3, -0.25) is 4.90 Å². The van der Waals surface area contributed by atoms with Crippen molar-refractivity contribution in [2.75, 3.05) is 19.9 Å². The molecule has 0 fully saturated rings. The summed E-state index contributed by atoms with van der Waals surface area (Å²) < 4.78 is 20.5. The van der Waals surface area contributed by atoms with Crippen LogP contribution in [0.15, 0.2) is 83.5 Å². The monoisotopic (exact) mass is 601 g/mol. The lowest BCUT2D eigenvalue weighted by atomic mass is 10.1. The maximum absolute atomic E-state index is 5.86. The van der Waals surface area contributed by atoms with Crippen LogP contribution in [-0.2, 0) is 19.6 Å². The summed E-state index contributed by atoms with van der Waals surface area (Å²) in [5, 5.41) is 0. The highest BCUT2D eigenvalue weighted by Crippen LogP contribution is 2.33. The van der Waals surface area contributed by atoms with E-state index in [0.717, 1.165) is 77.7 Å². The van der Waals surface area contributed by atoms with Gasteiger partial charge in [-0.25, -0.2) is 4.98 Å². The number of aromatic nitrogens is 2. The van der Waals surface area contributed by atoms with Gasteiger partial charge in [0, 0.05) is 41.8 Å². The molecule has 0 aliphatic carbocycles. The molecular weight excluding hydrogens is 566 g/mol. The Morgan fingerprint density at radius 1 is 1.00 bits per heavy atom. The van der Waals surface area contributed by atoms with E-state index in [0.29, 0.717) is 6.61 Å². The summed E-state index contributed by atoms with van der Waals surface area (Å²) in [5.41, 5.74) is 4.58. The first-order valence-corrected chi connectivity index (χ1v) is 14.7. The molecule has 0 spiro atoms. The van der Waals surface area contributed by atoms with Crippen LogP contribution in [0.25, 0.3) is 17.5 Å². The van der Waals surface area contributed by atoms with Crippen molar-refractivity contribution in [1.29, 1.82) is 0 Å². The van der Waals surface area contributed by atoms with Gasteiger partial charge in [-0.05, 0) is 49.2 Å². The zero-order valence-corrected chi connectivity index (χ0v) is 24.8. The first-order valence-electron chi connectivity index (χ1n) is 13.9. The molecule has 7 heteroatoms. The molecule has 0 atom stereocenters. The van der Waals surface area contributed by atoms with Crippen molar-refractivity contribution in [3.05, 3.63) is 100 Å². The normalized spacial score (nSPS) is 12.5. The number of ether oxygens (including phenoxy) is 3. The lowest BCUT2D eigenvalue weighted by Crippen LogP contribution is -2.24. The van der Waals surface area contributed by atoms with Crippen LogP contribution in [0.2, 0.25) is 0 Å². The molecular formula is C33H36BrN3O3. The molecule has 5 rings (SSSR count). The summed E-state index contributed by atoms with van der Waals surface area (Å²) in [6, 6.07) is 22.8. The van der Waals surface area contributed by atoms with Gasteiger partial charge in [0.1, 0.15) is 11.6 Å². The molecule has 6 nitrogen and oxygen atoms in total. The van der Waals surface area contributed by atoms with Crippen molar-refractivity contribution in [1.82, 2.24) is 14.5 Å². The molecule has 208 valence electrons. The Bertz CT molecular complexity index is 1430. The molecule has 0 saturated carbocycles. The Balaban J connectivity index is 1.42. The molecule has 0 amide bonds. The van der Waals surface area contributed by atoms with Crippen LogP contribution >= 0.6 is 15.9 Å². The van der Waals surface area contributed by atoms with Crippen molar-refractivity contribution in [2.45, 2.75) is 46.3 Å². The van der Waals surface area contributed by atoms with Crippen LogP contribution in [0, 0.1) is 0 Å². The van der Waals surface area contributed by atoms with Crippen molar-refractivity contribution in [2.24, 2.45) is 0 Å². The molecule has 40 heavy (non-hydrogen) atoms. The molecule has 0 unspecified atom stereocenters. The average Bonchev–Trinajstić information content (AvgIpc) is 3.60. The summed E-state index contributed by atoms with van der Waals surface area (Å²) in [7, 11) is 0. The van der Waals surface area contributed by atoms with E-state index in [2.05, 4.69) is 86.9 Å². The zero-order valence-electron chi connectivity index (χ0n) is 23.2. The van der Waals surface area contributed by atoms with Crippen LogP contribution < -0.4 is 14.2 Å². The number of unbranched alkanes of at least 4 members (excludes halogenated alkanes) is 1. The Morgan fingerprint density at radius 2 is 1.85 bits per heavy atom. The topological polar surface area (TPSA) is 48.8 Å². The standard InChI is InChI=1S/C33H36BrN3O3/c1-3-5-18-37-29(21-35-33(37)26-10-7-6-8-11-26)23-36(22-25-13-15-31-32(19-25)40-24-39-31)17-9-12-27-20-28(34)14-16-30(27)38-4-2/h6-16,19-21H,3-5,17-18,22-24H2,1-2H3/b12-9-. The fraction of sp³-hybridized carbons (Fsp3) is 0.303.